The fourth-order valence-electron chi connectivity index (χ4n) is 7.34. The molecule has 0 bridgehead atoms. The molecule has 1 heterocycles. The van der Waals surface area contributed by atoms with E-state index < -0.39 is 81.1 Å². The van der Waals surface area contributed by atoms with Crippen molar-refractivity contribution in [2.45, 2.75) is 43.9 Å². The van der Waals surface area contributed by atoms with Gasteiger partial charge in [0.05, 0.1) is 23.4 Å². The number of primary amides is 1. The number of ketones is 2. The third-order valence-electron chi connectivity index (χ3n) is 9.32. The molecule has 6 atom stereocenters. The van der Waals surface area contributed by atoms with Crippen molar-refractivity contribution in [3.05, 3.63) is 52.0 Å². The van der Waals surface area contributed by atoms with Gasteiger partial charge in [-0.25, -0.2) is 0 Å². The van der Waals surface area contributed by atoms with E-state index in [1.807, 2.05) is 0 Å². The summed E-state index contributed by atoms with van der Waals surface area (Å²) in [7, 11) is 3.04. The minimum atomic E-state index is -3.02. The van der Waals surface area contributed by atoms with E-state index in [2.05, 4.69) is 4.90 Å². The topological polar surface area (TPSA) is 191 Å². The second-order valence-corrected chi connectivity index (χ2v) is 12.9. The number of likely N-dealkylation sites (N-methyl/N-ethyl adjacent to an activating group) is 1. The van der Waals surface area contributed by atoms with Crippen molar-refractivity contribution < 1.29 is 44.3 Å². The number of hydrogen-bond acceptors (Lipinski definition) is 12. The van der Waals surface area contributed by atoms with E-state index in [1.54, 1.807) is 30.8 Å². The monoisotopic (exact) mass is 601 g/mol. The Kier molecular flexibility index (Phi) is 7.45. The number of aromatic hydroxyl groups is 1. The minimum Gasteiger partial charge on any atom is -0.510 e. The fraction of sp³-hybridized carbons (Fsp3) is 0.517. The second kappa shape index (κ2) is 10.4. The first kappa shape index (κ1) is 30.1. The molecule has 1 aromatic rings. The smallest absolute Gasteiger partial charge is 0.307 e. The molecule has 4 aliphatic rings. The molecule has 3 aliphatic carbocycles. The number of nitrogens with two attached hydrogens (primary N) is 1. The van der Waals surface area contributed by atoms with E-state index in [0.717, 1.165) is 18.2 Å². The molecular weight excluding hydrogens is 566 g/mol. The molecule has 0 radical (unpaired) electrons. The third kappa shape index (κ3) is 4.01. The Morgan fingerprint density at radius 1 is 1.21 bits per heavy atom. The van der Waals surface area contributed by atoms with Crippen LogP contribution in [0.3, 0.4) is 0 Å². The Balaban J connectivity index is 1.76. The van der Waals surface area contributed by atoms with Gasteiger partial charge in [0, 0.05) is 36.2 Å². The highest BCUT2D eigenvalue weighted by Crippen LogP contribution is 2.61. The number of aliphatic hydroxyl groups is 3. The molecule has 0 unspecified atom stereocenters. The number of esters is 1. The van der Waals surface area contributed by atoms with E-state index in [1.165, 1.54) is 32.0 Å². The summed E-state index contributed by atoms with van der Waals surface area (Å²) in [6.07, 6.45) is -1.49. The standard InChI is InChI=1S/C29H35N3O9S/c1-13-14-6-5-7-15(33)18(14)21(35)19-17(13)26(41-16(34)8-9-32-10-11-42-12-32)28(2)23(31(3)4)22(36)20(27(30)39)25(38)29(28,40)24(19)37/h5-7,13,17,23,26,33,36-37,40H,8-12H2,1-4H3,(H2,30,39)/t13-,17+,23+,26-,28+,29-/m0/s1. The van der Waals surface area contributed by atoms with Gasteiger partial charge in [-0.2, -0.15) is 0 Å². The number of benzene rings is 1. The number of carbonyl (C=O) groups is 4. The van der Waals surface area contributed by atoms with Crippen LogP contribution in [-0.2, 0) is 19.1 Å². The summed E-state index contributed by atoms with van der Waals surface area (Å²) < 4.78 is 6.12. The second-order valence-electron chi connectivity index (χ2n) is 11.8. The van der Waals surface area contributed by atoms with Crippen LogP contribution < -0.4 is 5.73 Å². The number of Topliss-reactive ketones (excluding diaryl/α,β-unsaturated/α-hetero) is 2. The molecule has 1 fully saturated rings. The highest BCUT2D eigenvalue weighted by molar-refractivity contribution is 7.99. The van der Waals surface area contributed by atoms with E-state index in [-0.39, 0.29) is 17.7 Å². The lowest BCUT2D eigenvalue weighted by Crippen LogP contribution is -2.75. The molecule has 0 saturated carbocycles. The number of rotatable bonds is 6. The zero-order chi connectivity index (χ0) is 30.9. The zero-order valence-electron chi connectivity index (χ0n) is 23.8. The molecule has 42 heavy (non-hydrogen) atoms. The molecule has 1 saturated heterocycles. The number of phenolic OH excluding ortho intramolecular Hbond substituents is 1. The van der Waals surface area contributed by atoms with Crippen molar-refractivity contribution in [3.63, 3.8) is 0 Å². The molecule has 226 valence electrons. The van der Waals surface area contributed by atoms with Gasteiger partial charge in [-0.15, -0.1) is 11.8 Å². The molecule has 6 N–H and O–H groups in total. The maximum atomic E-state index is 14.0. The lowest BCUT2D eigenvalue weighted by Gasteiger charge is -2.60. The molecule has 5 rings (SSSR count). The first-order chi connectivity index (χ1) is 19.7. The van der Waals surface area contributed by atoms with Crippen LogP contribution in [0.5, 0.6) is 5.75 Å². The third-order valence-corrected chi connectivity index (χ3v) is 10.3. The normalized spacial score (nSPS) is 33.0. The van der Waals surface area contributed by atoms with Crippen molar-refractivity contribution in [3.8, 4) is 5.75 Å². The quantitative estimate of drug-likeness (QED) is 0.230. The summed E-state index contributed by atoms with van der Waals surface area (Å²) in [5.74, 6) is -6.51. The predicted molar refractivity (Wildman–Crippen MR) is 152 cm³/mol. The van der Waals surface area contributed by atoms with Gasteiger partial charge in [0.1, 0.15) is 28.9 Å². The highest BCUT2D eigenvalue weighted by Gasteiger charge is 2.75. The molecule has 0 spiro atoms. The highest BCUT2D eigenvalue weighted by atomic mass is 32.2. The van der Waals surface area contributed by atoms with Crippen molar-refractivity contribution in [1.82, 2.24) is 9.80 Å². The van der Waals surface area contributed by atoms with Gasteiger partial charge >= 0.3 is 5.97 Å². The van der Waals surface area contributed by atoms with Crippen LogP contribution in [0.1, 0.15) is 42.1 Å². The molecule has 12 nitrogen and oxygen atoms in total. The largest absolute Gasteiger partial charge is 0.510 e. The predicted octanol–water partition coefficient (Wildman–Crippen LogP) is 0.990. The van der Waals surface area contributed by atoms with Crippen LogP contribution in [-0.4, -0.2) is 110 Å². The maximum absolute atomic E-state index is 14.0. The Bertz CT molecular complexity index is 1450. The van der Waals surface area contributed by atoms with Crippen LogP contribution in [0.2, 0.25) is 0 Å². The van der Waals surface area contributed by atoms with E-state index in [4.69, 9.17) is 10.5 Å². The molecular formula is C29H35N3O9S. The summed E-state index contributed by atoms with van der Waals surface area (Å²) >= 11 is 1.74. The Morgan fingerprint density at radius 2 is 1.90 bits per heavy atom. The Hall–Kier alpha value is -3.39. The molecule has 0 aromatic heterocycles. The summed E-state index contributed by atoms with van der Waals surface area (Å²) in [4.78, 5) is 57.3. The number of hydrogen-bond donors (Lipinski definition) is 5. The summed E-state index contributed by atoms with van der Waals surface area (Å²) in [6, 6.07) is 3.13. The summed E-state index contributed by atoms with van der Waals surface area (Å²) in [5, 5.41) is 46.0. The van der Waals surface area contributed by atoms with Gasteiger partial charge in [-0.3, -0.25) is 29.0 Å². The number of ether oxygens (including phenoxy) is 1. The first-order valence-electron chi connectivity index (χ1n) is 13.7. The van der Waals surface area contributed by atoms with Crippen LogP contribution >= 0.6 is 11.8 Å². The number of phenols is 1. The minimum absolute atomic E-state index is 0.0298. The number of aliphatic hydroxyl groups excluding tert-OH is 2. The van der Waals surface area contributed by atoms with Gasteiger partial charge in [-0.1, -0.05) is 26.0 Å². The summed E-state index contributed by atoms with van der Waals surface area (Å²) in [6.45, 7) is 4.30. The van der Waals surface area contributed by atoms with Crippen LogP contribution in [0.4, 0.5) is 0 Å². The molecule has 1 aromatic carbocycles. The fourth-order valence-corrected chi connectivity index (χ4v) is 8.37. The Labute approximate surface area is 246 Å². The number of carbonyl (C=O) groups excluding carboxylic acids is 4. The van der Waals surface area contributed by atoms with E-state index in [0.29, 0.717) is 12.1 Å². The zero-order valence-corrected chi connectivity index (χ0v) is 24.6. The average molecular weight is 602 g/mol. The van der Waals surface area contributed by atoms with E-state index in [9.17, 15) is 39.6 Å². The number of nitrogens with zero attached hydrogens (tertiary/aromatic N) is 2. The first-order valence-corrected chi connectivity index (χ1v) is 14.8. The van der Waals surface area contributed by atoms with E-state index >= 15 is 0 Å². The molecule has 1 amide bonds. The van der Waals surface area contributed by atoms with Crippen molar-refractivity contribution in [2.75, 3.05) is 38.8 Å². The van der Waals surface area contributed by atoms with Gasteiger partial charge in [-0.05, 0) is 31.6 Å². The number of fused-ring (bicyclic) bond motifs is 3. The molecule has 13 heteroatoms. The van der Waals surface area contributed by atoms with Gasteiger partial charge < -0.3 is 30.9 Å². The molecule has 1 aliphatic heterocycles. The average Bonchev–Trinajstić information content (AvgIpc) is 3.43. The van der Waals surface area contributed by atoms with Crippen molar-refractivity contribution in [2.24, 2.45) is 17.1 Å². The van der Waals surface area contributed by atoms with Crippen molar-refractivity contribution >= 4 is 35.2 Å². The lowest BCUT2D eigenvalue weighted by molar-refractivity contribution is -0.209. The lowest BCUT2D eigenvalue weighted by atomic mass is 9.48. The SMILES string of the molecule is C[C@H]1c2cccc(O)c2C(=O)C2=C(O)[C@]3(O)C(=O)C(C(N)=O)=C(O)[C@@H](N(C)C)[C@]3(C)[C@@H](OC(=O)CCN3CCSC3)[C@@H]21. The maximum Gasteiger partial charge on any atom is 0.307 e. The van der Waals surface area contributed by atoms with Crippen LogP contribution in [0, 0.1) is 11.3 Å². The Morgan fingerprint density at radius 3 is 2.50 bits per heavy atom. The van der Waals surface area contributed by atoms with Crippen LogP contribution in [0.25, 0.3) is 0 Å². The summed E-state index contributed by atoms with van der Waals surface area (Å²) in [5.41, 5.74) is -0.616. The van der Waals surface area contributed by atoms with Gasteiger partial charge in [0.25, 0.3) is 5.91 Å². The van der Waals surface area contributed by atoms with Crippen molar-refractivity contribution in [1.29, 1.82) is 0 Å². The van der Waals surface area contributed by atoms with Gasteiger partial charge in [0.15, 0.2) is 11.4 Å². The van der Waals surface area contributed by atoms with Crippen LogP contribution in [0.15, 0.2) is 40.9 Å². The number of thioether (sulfide) groups is 1. The van der Waals surface area contributed by atoms with Gasteiger partial charge in [0.2, 0.25) is 5.78 Å². The number of amides is 1.